The monoisotopic (exact) mass is 301 g/mol. The van der Waals surface area contributed by atoms with Crippen LogP contribution in [0, 0.1) is 5.82 Å². The Morgan fingerprint density at radius 2 is 2.24 bits per heavy atom. The Balaban J connectivity index is 2.07. The zero-order valence-corrected chi connectivity index (χ0v) is 11.5. The van der Waals surface area contributed by atoms with E-state index in [0.29, 0.717) is 4.47 Å². The fraction of sp³-hybridized carbons (Fsp3) is 0.538. The van der Waals surface area contributed by atoms with E-state index in [0.717, 1.165) is 31.6 Å². The number of ether oxygens (including phenoxy) is 1. The summed E-state index contributed by atoms with van der Waals surface area (Å²) in [5.41, 5.74) is -0.0522. The van der Waals surface area contributed by atoms with Crippen LogP contribution in [0.3, 0.4) is 0 Å². The molecule has 94 valence electrons. The van der Waals surface area contributed by atoms with Crippen molar-refractivity contribution in [2.75, 3.05) is 13.6 Å². The predicted molar refractivity (Wildman–Crippen MR) is 69.9 cm³/mol. The van der Waals surface area contributed by atoms with E-state index in [4.69, 9.17) is 4.74 Å². The topological polar surface area (TPSA) is 21.3 Å². The SMILES string of the molecule is CNCCC1(Oc2ccc(F)cc2Br)CCC1. The lowest BCUT2D eigenvalue weighted by molar-refractivity contribution is -0.0145. The molecule has 0 unspecified atom stereocenters. The van der Waals surface area contributed by atoms with Gasteiger partial charge in [-0.1, -0.05) is 0 Å². The Morgan fingerprint density at radius 3 is 2.76 bits per heavy atom. The lowest BCUT2D eigenvalue weighted by atomic mass is 9.77. The Labute approximate surface area is 110 Å². The Hall–Kier alpha value is -0.610. The largest absolute Gasteiger partial charge is 0.486 e. The molecule has 1 aromatic rings. The van der Waals surface area contributed by atoms with E-state index in [-0.39, 0.29) is 11.4 Å². The molecule has 0 atom stereocenters. The molecule has 1 aromatic carbocycles. The fourth-order valence-electron chi connectivity index (χ4n) is 2.12. The average Bonchev–Trinajstić information content (AvgIpc) is 2.25. The molecule has 2 nitrogen and oxygen atoms in total. The molecule has 1 aliphatic rings. The molecule has 1 N–H and O–H groups in total. The first-order valence-corrected chi connectivity index (χ1v) is 6.73. The van der Waals surface area contributed by atoms with Crippen LogP contribution < -0.4 is 10.1 Å². The van der Waals surface area contributed by atoms with Crippen LogP contribution in [0.5, 0.6) is 5.75 Å². The second kappa shape index (κ2) is 5.36. The molecular weight excluding hydrogens is 285 g/mol. The van der Waals surface area contributed by atoms with Crippen LogP contribution >= 0.6 is 15.9 Å². The summed E-state index contributed by atoms with van der Waals surface area (Å²) in [6, 6.07) is 4.57. The van der Waals surface area contributed by atoms with Crippen LogP contribution in [0.2, 0.25) is 0 Å². The van der Waals surface area contributed by atoms with Crippen molar-refractivity contribution in [3.8, 4) is 5.75 Å². The zero-order valence-electron chi connectivity index (χ0n) is 9.93. The maximum Gasteiger partial charge on any atom is 0.134 e. The van der Waals surface area contributed by atoms with Gasteiger partial charge in [0.2, 0.25) is 0 Å². The molecule has 0 aliphatic heterocycles. The van der Waals surface area contributed by atoms with Gasteiger partial charge < -0.3 is 10.1 Å². The van der Waals surface area contributed by atoms with Crippen LogP contribution in [-0.2, 0) is 0 Å². The summed E-state index contributed by atoms with van der Waals surface area (Å²) in [5, 5.41) is 3.15. The predicted octanol–water partition coefficient (Wildman–Crippen LogP) is 3.50. The van der Waals surface area contributed by atoms with E-state index >= 15 is 0 Å². The standard InChI is InChI=1S/C13H17BrFNO/c1-16-8-7-13(5-2-6-13)17-12-4-3-10(15)9-11(12)14/h3-4,9,16H,2,5-8H2,1H3. The minimum Gasteiger partial charge on any atom is -0.486 e. The van der Waals surface area contributed by atoms with Crippen molar-refractivity contribution in [3.63, 3.8) is 0 Å². The average molecular weight is 302 g/mol. The first-order valence-electron chi connectivity index (χ1n) is 5.94. The molecule has 1 aliphatic carbocycles. The van der Waals surface area contributed by atoms with Crippen molar-refractivity contribution in [1.29, 1.82) is 0 Å². The fourth-order valence-corrected chi connectivity index (χ4v) is 2.55. The Bertz CT molecular complexity index is 393. The maximum absolute atomic E-state index is 13.0. The summed E-state index contributed by atoms with van der Waals surface area (Å²) >= 11 is 3.34. The molecule has 1 saturated carbocycles. The molecule has 17 heavy (non-hydrogen) atoms. The normalized spacial score (nSPS) is 17.6. The maximum atomic E-state index is 13.0. The van der Waals surface area contributed by atoms with Crippen molar-refractivity contribution in [3.05, 3.63) is 28.5 Å². The molecule has 0 aromatic heterocycles. The number of hydrogen-bond acceptors (Lipinski definition) is 2. The number of rotatable bonds is 5. The minimum atomic E-state index is -0.248. The molecule has 0 bridgehead atoms. The van der Waals surface area contributed by atoms with Gasteiger partial charge >= 0.3 is 0 Å². The molecule has 0 saturated heterocycles. The molecule has 4 heteroatoms. The van der Waals surface area contributed by atoms with Gasteiger partial charge in [0.25, 0.3) is 0 Å². The summed E-state index contributed by atoms with van der Waals surface area (Å²) < 4.78 is 19.7. The Morgan fingerprint density at radius 1 is 1.47 bits per heavy atom. The molecular formula is C13H17BrFNO. The first kappa shape index (κ1) is 12.8. The number of hydrogen-bond donors (Lipinski definition) is 1. The van der Waals surface area contributed by atoms with Crippen LogP contribution in [0.4, 0.5) is 4.39 Å². The molecule has 0 spiro atoms. The van der Waals surface area contributed by atoms with Crippen LogP contribution in [0.15, 0.2) is 22.7 Å². The van der Waals surface area contributed by atoms with Gasteiger partial charge in [0.1, 0.15) is 17.2 Å². The Kier molecular flexibility index (Phi) is 4.05. The van der Waals surface area contributed by atoms with E-state index in [2.05, 4.69) is 21.2 Å². The first-order chi connectivity index (χ1) is 8.15. The second-order valence-corrected chi connectivity index (χ2v) is 5.42. The van der Waals surface area contributed by atoms with Gasteiger partial charge in [-0.15, -0.1) is 0 Å². The van der Waals surface area contributed by atoms with Gasteiger partial charge in [-0.05, 0) is 73.4 Å². The zero-order chi connectivity index (χ0) is 12.3. The highest BCUT2D eigenvalue weighted by atomic mass is 79.9. The molecule has 0 heterocycles. The molecule has 1 fully saturated rings. The third kappa shape index (κ3) is 2.99. The van der Waals surface area contributed by atoms with Gasteiger partial charge in [-0.25, -0.2) is 4.39 Å². The third-order valence-electron chi connectivity index (χ3n) is 3.32. The van der Waals surface area contributed by atoms with Crippen LogP contribution in [0.1, 0.15) is 25.7 Å². The van der Waals surface area contributed by atoms with Crippen molar-refractivity contribution in [1.82, 2.24) is 5.32 Å². The van der Waals surface area contributed by atoms with Crippen molar-refractivity contribution < 1.29 is 9.13 Å². The van der Waals surface area contributed by atoms with E-state index in [1.165, 1.54) is 18.6 Å². The summed E-state index contributed by atoms with van der Waals surface area (Å²) in [4.78, 5) is 0. The minimum absolute atomic E-state index is 0.0522. The van der Waals surface area contributed by atoms with Crippen molar-refractivity contribution >= 4 is 15.9 Å². The number of halogens is 2. The van der Waals surface area contributed by atoms with Crippen LogP contribution in [-0.4, -0.2) is 19.2 Å². The second-order valence-electron chi connectivity index (χ2n) is 4.57. The summed E-state index contributed by atoms with van der Waals surface area (Å²) in [6.07, 6.45) is 4.37. The van der Waals surface area contributed by atoms with Crippen molar-refractivity contribution in [2.45, 2.75) is 31.3 Å². The van der Waals surface area contributed by atoms with Gasteiger partial charge in [0.05, 0.1) is 4.47 Å². The van der Waals surface area contributed by atoms with Crippen molar-refractivity contribution in [2.24, 2.45) is 0 Å². The molecule has 0 amide bonds. The number of benzene rings is 1. The van der Waals surface area contributed by atoms with Gasteiger partial charge in [0, 0.05) is 0 Å². The van der Waals surface area contributed by atoms with Crippen LogP contribution in [0.25, 0.3) is 0 Å². The van der Waals surface area contributed by atoms with E-state index in [1.807, 2.05) is 7.05 Å². The lowest BCUT2D eigenvalue weighted by Gasteiger charge is -2.42. The number of nitrogens with one attached hydrogen (secondary N) is 1. The summed E-state index contributed by atoms with van der Waals surface area (Å²) in [5.74, 6) is 0.490. The van der Waals surface area contributed by atoms with Gasteiger partial charge in [-0.2, -0.15) is 0 Å². The highest BCUT2D eigenvalue weighted by Crippen LogP contribution is 2.41. The molecule has 2 rings (SSSR count). The summed E-state index contributed by atoms with van der Waals surface area (Å²) in [7, 11) is 1.94. The van der Waals surface area contributed by atoms with E-state index < -0.39 is 0 Å². The van der Waals surface area contributed by atoms with E-state index in [1.54, 1.807) is 6.07 Å². The smallest absolute Gasteiger partial charge is 0.134 e. The summed E-state index contributed by atoms with van der Waals surface area (Å²) in [6.45, 7) is 0.943. The highest BCUT2D eigenvalue weighted by Gasteiger charge is 2.39. The van der Waals surface area contributed by atoms with Gasteiger partial charge in [0.15, 0.2) is 0 Å². The third-order valence-corrected chi connectivity index (χ3v) is 3.94. The van der Waals surface area contributed by atoms with Gasteiger partial charge in [-0.3, -0.25) is 0 Å². The quantitative estimate of drug-likeness (QED) is 0.899. The molecule has 0 radical (unpaired) electrons. The van der Waals surface area contributed by atoms with E-state index in [9.17, 15) is 4.39 Å². The lowest BCUT2D eigenvalue weighted by Crippen LogP contribution is -2.45. The highest BCUT2D eigenvalue weighted by molar-refractivity contribution is 9.10.